The summed E-state index contributed by atoms with van der Waals surface area (Å²) in [6, 6.07) is 9.23. The number of sulfonamides is 1. The van der Waals surface area contributed by atoms with Crippen molar-refractivity contribution in [2.24, 2.45) is 0 Å². The van der Waals surface area contributed by atoms with E-state index in [1.54, 1.807) is 30.5 Å². The van der Waals surface area contributed by atoms with Gasteiger partial charge in [0.15, 0.2) is 0 Å². The molecule has 2 rings (SSSR count). The Morgan fingerprint density at radius 3 is 2.68 bits per heavy atom. The molecule has 1 aromatic heterocycles. The van der Waals surface area contributed by atoms with Gasteiger partial charge in [-0.1, -0.05) is 17.7 Å². The fourth-order valence-corrected chi connectivity index (χ4v) is 3.01. The molecule has 116 valence electrons. The van der Waals surface area contributed by atoms with E-state index in [-0.39, 0.29) is 23.9 Å². The molecule has 0 saturated carbocycles. The fraction of sp³-hybridized carbons (Fsp3) is 0.143. The Bertz CT molecular complexity index is 751. The smallest absolute Gasteiger partial charge is 0.252 e. The summed E-state index contributed by atoms with van der Waals surface area (Å²) in [7, 11) is -3.64. The van der Waals surface area contributed by atoms with Crippen molar-refractivity contribution in [3.05, 3.63) is 59.4 Å². The van der Waals surface area contributed by atoms with Crippen molar-refractivity contribution in [2.75, 3.05) is 13.1 Å². The van der Waals surface area contributed by atoms with Crippen molar-refractivity contribution in [3.63, 3.8) is 0 Å². The van der Waals surface area contributed by atoms with Gasteiger partial charge < -0.3 is 5.32 Å². The average Bonchev–Trinajstić information content (AvgIpc) is 2.52. The Labute approximate surface area is 133 Å². The van der Waals surface area contributed by atoms with Gasteiger partial charge in [0.25, 0.3) is 5.91 Å². The first kappa shape index (κ1) is 16.4. The highest BCUT2D eigenvalue weighted by Gasteiger charge is 2.13. The van der Waals surface area contributed by atoms with E-state index in [9.17, 15) is 13.2 Å². The second kappa shape index (κ2) is 7.35. The fourth-order valence-electron chi connectivity index (χ4n) is 1.68. The van der Waals surface area contributed by atoms with E-state index in [4.69, 9.17) is 11.6 Å². The molecule has 0 spiro atoms. The first-order valence-electron chi connectivity index (χ1n) is 6.42. The molecule has 2 N–H and O–H groups in total. The van der Waals surface area contributed by atoms with Crippen molar-refractivity contribution in [2.45, 2.75) is 4.90 Å². The van der Waals surface area contributed by atoms with E-state index in [2.05, 4.69) is 15.0 Å². The molecule has 1 heterocycles. The van der Waals surface area contributed by atoms with Gasteiger partial charge in [-0.3, -0.25) is 9.78 Å². The lowest BCUT2D eigenvalue weighted by atomic mass is 10.3. The Morgan fingerprint density at radius 2 is 2.00 bits per heavy atom. The molecule has 8 heteroatoms. The van der Waals surface area contributed by atoms with Crippen molar-refractivity contribution >= 4 is 27.5 Å². The molecule has 0 saturated heterocycles. The number of hydrogen-bond donors (Lipinski definition) is 2. The number of pyridine rings is 1. The van der Waals surface area contributed by atoms with Crippen LogP contribution in [0.3, 0.4) is 0 Å². The number of nitrogens with one attached hydrogen (secondary N) is 2. The number of benzene rings is 1. The van der Waals surface area contributed by atoms with Gasteiger partial charge in [-0.15, -0.1) is 0 Å². The molecule has 0 unspecified atom stereocenters. The first-order valence-corrected chi connectivity index (χ1v) is 8.28. The predicted octanol–water partition coefficient (Wildman–Crippen LogP) is 1.44. The van der Waals surface area contributed by atoms with Crippen LogP contribution in [0.1, 0.15) is 10.4 Å². The van der Waals surface area contributed by atoms with Gasteiger partial charge in [0.1, 0.15) is 0 Å². The number of halogens is 1. The monoisotopic (exact) mass is 339 g/mol. The lowest BCUT2D eigenvalue weighted by Gasteiger charge is -2.08. The maximum Gasteiger partial charge on any atom is 0.252 e. The highest BCUT2D eigenvalue weighted by molar-refractivity contribution is 7.89. The quantitative estimate of drug-likeness (QED) is 0.779. The Balaban J connectivity index is 1.85. The van der Waals surface area contributed by atoms with Crippen LogP contribution in [0.2, 0.25) is 5.02 Å². The normalized spacial score (nSPS) is 11.1. The van der Waals surface area contributed by atoms with Gasteiger partial charge in [0, 0.05) is 30.5 Å². The molecule has 1 aromatic carbocycles. The van der Waals surface area contributed by atoms with Crippen LogP contribution in [-0.2, 0) is 10.0 Å². The van der Waals surface area contributed by atoms with E-state index in [1.165, 1.54) is 18.3 Å². The zero-order chi connectivity index (χ0) is 16.0. The minimum Gasteiger partial charge on any atom is -0.351 e. The van der Waals surface area contributed by atoms with Crippen LogP contribution in [0.15, 0.2) is 53.7 Å². The summed E-state index contributed by atoms with van der Waals surface area (Å²) >= 11 is 5.77. The van der Waals surface area contributed by atoms with Crippen LogP contribution in [0, 0.1) is 0 Å². The number of aromatic nitrogens is 1. The number of amides is 1. The van der Waals surface area contributed by atoms with Gasteiger partial charge >= 0.3 is 0 Å². The van der Waals surface area contributed by atoms with Gasteiger partial charge in [-0.25, -0.2) is 13.1 Å². The third-order valence-electron chi connectivity index (χ3n) is 2.73. The second-order valence-electron chi connectivity index (χ2n) is 4.35. The second-order valence-corrected chi connectivity index (χ2v) is 6.56. The molecule has 2 aromatic rings. The standard InChI is InChI=1S/C14H14ClN3O3S/c15-12-4-1-5-13(9-12)22(20,21)18-8-7-17-14(19)11-3-2-6-16-10-11/h1-6,9-10,18H,7-8H2,(H,17,19). The molecule has 0 aliphatic carbocycles. The summed E-state index contributed by atoms with van der Waals surface area (Å²) in [5.74, 6) is -0.310. The summed E-state index contributed by atoms with van der Waals surface area (Å²) in [5, 5.41) is 2.94. The van der Waals surface area contributed by atoms with Crippen LogP contribution in [-0.4, -0.2) is 32.4 Å². The van der Waals surface area contributed by atoms with Gasteiger partial charge in [0.05, 0.1) is 10.5 Å². The minimum absolute atomic E-state index is 0.0703. The number of rotatable bonds is 6. The molecule has 0 bridgehead atoms. The molecule has 22 heavy (non-hydrogen) atoms. The Hall–Kier alpha value is -1.96. The van der Waals surface area contributed by atoms with E-state index >= 15 is 0 Å². The maximum absolute atomic E-state index is 12.0. The summed E-state index contributed by atoms with van der Waals surface area (Å²) in [6.45, 7) is 0.231. The van der Waals surface area contributed by atoms with Gasteiger partial charge in [-0.05, 0) is 30.3 Å². The lowest BCUT2D eigenvalue weighted by Crippen LogP contribution is -2.34. The summed E-state index contributed by atoms with van der Waals surface area (Å²) in [5.41, 5.74) is 0.417. The molecule has 0 atom stereocenters. The van der Waals surface area contributed by atoms with Crippen LogP contribution in [0.5, 0.6) is 0 Å². The average molecular weight is 340 g/mol. The number of carbonyl (C=O) groups is 1. The molecule has 0 aliphatic heterocycles. The van der Waals surface area contributed by atoms with E-state index in [1.807, 2.05) is 0 Å². The molecule has 0 aliphatic rings. The van der Waals surface area contributed by atoms with Crippen molar-refractivity contribution in [1.82, 2.24) is 15.0 Å². The Kier molecular flexibility index (Phi) is 5.48. The molecule has 0 radical (unpaired) electrons. The number of carbonyl (C=O) groups excluding carboxylic acids is 1. The SMILES string of the molecule is O=C(NCCNS(=O)(=O)c1cccc(Cl)c1)c1cccnc1. The molecule has 1 amide bonds. The van der Waals surface area contributed by atoms with Gasteiger partial charge in [0.2, 0.25) is 10.0 Å². The molecular weight excluding hydrogens is 326 g/mol. The third-order valence-corrected chi connectivity index (χ3v) is 4.43. The number of hydrogen-bond acceptors (Lipinski definition) is 4. The van der Waals surface area contributed by atoms with Crippen LogP contribution < -0.4 is 10.0 Å². The highest BCUT2D eigenvalue weighted by atomic mass is 35.5. The van der Waals surface area contributed by atoms with Crippen molar-refractivity contribution in [3.8, 4) is 0 Å². The summed E-state index contributed by atoms with van der Waals surface area (Å²) in [4.78, 5) is 15.7. The predicted molar refractivity (Wildman–Crippen MR) is 83.2 cm³/mol. The van der Waals surface area contributed by atoms with Crippen LogP contribution >= 0.6 is 11.6 Å². The van der Waals surface area contributed by atoms with Crippen LogP contribution in [0.25, 0.3) is 0 Å². The highest BCUT2D eigenvalue weighted by Crippen LogP contribution is 2.14. The summed E-state index contributed by atoms with van der Waals surface area (Å²) < 4.78 is 26.4. The zero-order valence-corrected chi connectivity index (χ0v) is 13.1. The van der Waals surface area contributed by atoms with Crippen molar-refractivity contribution < 1.29 is 13.2 Å². The van der Waals surface area contributed by atoms with E-state index < -0.39 is 10.0 Å². The minimum atomic E-state index is -3.64. The van der Waals surface area contributed by atoms with E-state index in [0.29, 0.717) is 10.6 Å². The number of nitrogens with zero attached hydrogens (tertiary/aromatic N) is 1. The molecule has 6 nitrogen and oxygen atoms in total. The third kappa shape index (κ3) is 4.52. The first-order chi connectivity index (χ1) is 10.5. The Morgan fingerprint density at radius 1 is 1.18 bits per heavy atom. The largest absolute Gasteiger partial charge is 0.351 e. The van der Waals surface area contributed by atoms with Crippen molar-refractivity contribution in [1.29, 1.82) is 0 Å². The van der Waals surface area contributed by atoms with Gasteiger partial charge in [-0.2, -0.15) is 0 Å². The zero-order valence-electron chi connectivity index (χ0n) is 11.5. The van der Waals surface area contributed by atoms with E-state index in [0.717, 1.165) is 0 Å². The maximum atomic E-state index is 12.0. The molecule has 0 fully saturated rings. The summed E-state index contributed by atoms with van der Waals surface area (Å²) in [6.07, 6.45) is 3.00. The lowest BCUT2D eigenvalue weighted by molar-refractivity contribution is 0.0954. The van der Waals surface area contributed by atoms with Crippen LogP contribution in [0.4, 0.5) is 0 Å². The molecular formula is C14H14ClN3O3S. The topological polar surface area (TPSA) is 88.2 Å².